The van der Waals surface area contributed by atoms with E-state index in [0.717, 1.165) is 23.3 Å². The Bertz CT molecular complexity index is 551. The molecule has 1 heterocycles. The van der Waals surface area contributed by atoms with E-state index in [1.54, 1.807) is 11.8 Å². The summed E-state index contributed by atoms with van der Waals surface area (Å²) in [5.41, 5.74) is 8.29. The number of methoxy groups -OCH3 is 1. The highest BCUT2D eigenvalue weighted by molar-refractivity contribution is 5.26. The second-order valence-corrected chi connectivity index (χ2v) is 5.10. The summed E-state index contributed by atoms with van der Waals surface area (Å²) >= 11 is 0. The summed E-state index contributed by atoms with van der Waals surface area (Å²) in [7, 11) is 3.55. The van der Waals surface area contributed by atoms with Crippen LogP contribution in [0.15, 0.2) is 36.7 Å². The van der Waals surface area contributed by atoms with E-state index < -0.39 is 0 Å². The molecule has 0 aliphatic rings. The topological polar surface area (TPSA) is 62.3 Å². The quantitative estimate of drug-likeness (QED) is 0.850. The van der Waals surface area contributed by atoms with Gasteiger partial charge in [0, 0.05) is 24.8 Å². The molecule has 1 aromatic carbocycles. The third kappa shape index (κ3) is 4.06. The van der Waals surface area contributed by atoms with Crippen LogP contribution in [0.4, 0.5) is 0 Å². The Balaban J connectivity index is 2.04. The Labute approximate surface area is 125 Å². The van der Waals surface area contributed by atoms with Gasteiger partial charge < -0.3 is 15.2 Å². The first kappa shape index (κ1) is 15.5. The van der Waals surface area contributed by atoms with Crippen molar-refractivity contribution in [1.29, 1.82) is 0 Å². The maximum Gasteiger partial charge on any atom is 0.118 e. The molecule has 0 saturated heterocycles. The van der Waals surface area contributed by atoms with Gasteiger partial charge in [-0.25, -0.2) is 0 Å². The summed E-state index contributed by atoms with van der Waals surface area (Å²) < 4.78 is 13.0. The average Bonchev–Trinajstić information content (AvgIpc) is 2.94. The molecule has 0 saturated carbocycles. The van der Waals surface area contributed by atoms with Crippen molar-refractivity contribution in [2.75, 3.05) is 7.11 Å². The van der Waals surface area contributed by atoms with Crippen LogP contribution in [0.25, 0.3) is 0 Å². The molecule has 0 fully saturated rings. The average molecular weight is 289 g/mol. The Hall–Kier alpha value is -1.85. The van der Waals surface area contributed by atoms with E-state index in [9.17, 15) is 0 Å². The van der Waals surface area contributed by atoms with Crippen LogP contribution < -0.4 is 10.5 Å². The molecular formula is C16H23N3O2. The Kier molecular flexibility index (Phi) is 5.36. The minimum absolute atomic E-state index is 0.0487. The van der Waals surface area contributed by atoms with Gasteiger partial charge in [0.1, 0.15) is 11.9 Å². The van der Waals surface area contributed by atoms with Crippen LogP contribution in [0, 0.1) is 0 Å². The summed E-state index contributed by atoms with van der Waals surface area (Å²) in [4.78, 5) is 0. The van der Waals surface area contributed by atoms with Crippen molar-refractivity contribution >= 4 is 0 Å². The Morgan fingerprint density at radius 2 is 2.00 bits per heavy atom. The molecule has 2 N–H and O–H groups in total. The Morgan fingerprint density at radius 3 is 2.52 bits per heavy atom. The Morgan fingerprint density at radius 1 is 1.29 bits per heavy atom. The van der Waals surface area contributed by atoms with E-state index in [4.69, 9.17) is 15.2 Å². The number of ether oxygens (including phenoxy) is 2. The van der Waals surface area contributed by atoms with Gasteiger partial charge in [-0.2, -0.15) is 5.10 Å². The highest BCUT2D eigenvalue weighted by Gasteiger charge is 2.20. The molecule has 2 atom stereocenters. The van der Waals surface area contributed by atoms with Gasteiger partial charge in [-0.3, -0.25) is 4.68 Å². The fourth-order valence-electron chi connectivity index (χ4n) is 2.18. The van der Waals surface area contributed by atoms with Gasteiger partial charge >= 0.3 is 0 Å². The van der Waals surface area contributed by atoms with Crippen molar-refractivity contribution in [3.05, 3.63) is 47.8 Å². The lowest BCUT2D eigenvalue weighted by Gasteiger charge is -2.22. The van der Waals surface area contributed by atoms with Crippen LogP contribution in [-0.2, 0) is 18.4 Å². The highest BCUT2D eigenvalue weighted by atomic mass is 16.5. The third-order valence-electron chi connectivity index (χ3n) is 3.50. The second kappa shape index (κ2) is 7.24. The van der Waals surface area contributed by atoms with Gasteiger partial charge in [0.05, 0.1) is 19.9 Å². The summed E-state index contributed by atoms with van der Waals surface area (Å²) in [5.74, 6) is 0.841. The van der Waals surface area contributed by atoms with Crippen LogP contribution in [0.1, 0.15) is 30.6 Å². The van der Waals surface area contributed by atoms with Crippen molar-refractivity contribution in [3.8, 4) is 5.75 Å². The number of rotatable bonds is 7. The summed E-state index contributed by atoms with van der Waals surface area (Å²) in [6, 6.07) is 7.80. The number of hydrogen-bond acceptors (Lipinski definition) is 4. The molecule has 0 bridgehead atoms. The standard InChI is InChI=1S/C16H23N3O2/c1-4-15(17)16(13-9-18-19(2)10-13)21-11-12-5-7-14(20-3)8-6-12/h5-10,15-16H,4,11,17H2,1-3H3. The maximum atomic E-state index is 6.19. The van der Waals surface area contributed by atoms with E-state index >= 15 is 0 Å². The molecule has 5 nitrogen and oxygen atoms in total. The van der Waals surface area contributed by atoms with Crippen LogP contribution in [0.5, 0.6) is 5.75 Å². The van der Waals surface area contributed by atoms with Crippen molar-refractivity contribution in [2.45, 2.75) is 32.1 Å². The normalized spacial score (nSPS) is 13.9. The van der Waals surface area contributed by atoms with Gasteiger partial charge in [-0.15, -0.1) is 0 Å². The number of aryl methyl sites for hydroxylation is 1. The highest BCUT2D eigenvalue weighted by Crippen LogP contribution is 2.23. The first-order valence-corrected chi connectivity index (χ1v) is 7.12. The van der Waals surface area contributed by atoms with Crippen LogP contribution in [0.2, 0.25) is 0 Å². The zero-order valence-electron chi connectivity index (χ0n) is 12.8. The number of nitrogens with zero attached hydrogens (tertiary/aromatic N) is 2. The van der Waals surface area contributed by atoms with Crippen LogP contribution >= 0.6 is 0 Å². The minimum Gasteiger partial charge on any atom is -0.497 e. The summed E-state index contributed by atoms with van der Waals surface area (Å²) in [6.45, 7) is 2.57. The first-order valence-electron chi connectivity index (χ1n) is 7.12. The molecule has 0 amide bonds. The molecule has 2 rings (SSSR count). The molecule has 0 spiro atoms. The fourth-order valence-corrected chi connectivity index (χ4v) is 2.18. The van der Waals surface area contributed by atoms with E-state index in [2.05, 4.69) is 12.0 Å². The zero-order chi connectivity index (χ0) is 15.2. The first-order chi connectivity index (χ1) is 10.1. The number of nitrogens with two attached hydrogens (primary N) is 1. The molecule has 0 aliphatic heterocycles. The largest absolute Gasteiger partial charge is 0.497 e. The molecule has 5 heteroatoms. The molecule has 1 aromatic heterocycles. The second-order valence-electron chi connectivity index (χ2n) is 5.10. The van der Waals surface area contributed by atoms with E-state index in [1.165, 1.54) is 0 Å². The zero-order valence-corrected chi connectivity index (χ0v) is 12.8. The molecule has 2 aromatic rings. The summed E-state index contributed by atoms with van der Waals surface area (Å²) in [6.07, 6.45) is 4.47. The lowest BCUT2D eigenvalue weighted by atomic mass is 10.0. The van der Waals surface area contributed by atoms with Crippen LogP contribution in [-0.4, -0.2) is 22.9 Å². The lowest BCUT2D eigenvalue weighted by Crippen LogP contribution is -2.29. The minimum atomic E-state index is -0.147. The van der Waals surface area contributed by atoms with E-state index in [-0.39, 0.29) is 12.1 Å². The number of hydrogen-bond donors (Lipinski definition) is 1. The van der Waals surface area contributed by atoms with Crippen molar-refractivity contribution < 1.29 is 9.47 Å². The van der Waals surface area contributed by atoms with E-state index in [1.807, 2.05) is 43.7 Å². The van der Waals surface area contributed by atoms with Gasteiger partial charge in [0.25, 0.3) is 0 Å². The van der Waals surface area contributed by atoms with Gasteiger partial charge in [-0.1, -0.05) is 19.1 Å². The van der Waals surface area contributed by atoms with E-state index in [0.29, 0.717) is 6.61 Å². The molecule has 0 aliphatic carbocycles. The van der Waals surface area contributed by atoms with Crippen molar-refractivity contribution in [1.82, 2.24) is 9.78 Å². The monoisotopic (exact) mass is 289 g/mol. The van der Waals surface area contributed by atoms with Gasteiger partial charge in [0.15, 0.2) is 0 Å². The fraction of sp³-hybridized carbons (Fsp3) is 0.438. The van der Waals surface area contributed by atoms with Crippen molar-refractivity contribution in [3.63, 3.8) is 0 Å². The third-order valence-corrected chi connectivity index (χ3v) is 3.50. The predicted molar refractivity (Wildman–Crippen MR) is 82.0 cm³/mol. The van der Waals surface area contributed by atoms with Gasteiger partial charge in [-0.05, 0) is 24.1 Å². The smallest absolute Gasteiger partial charge is 0.118 e. The lowest BCUT2D eigenvalue weighted by molar-refractivity contribution is 0.0212. The number of aromatic nitrogens is 2. The number of benzene rings is 1. The summed E-state index contributed by atoms with van der Waals surface area (Å²) in [5, 5.41) is 4.20. The molecule has 0 radical (unpaired) electrons. The molecule has 114 valence electrons. The predicted octanol–water partition coefficient (Wildman–Crippen LogP) is 2.42. The molecular weight excluding hydrogens is 266 g/mol. The van der Waals surface area contributed by atoms with Crippen LogP contribution in [0.3, 0.4) is 0 Å². The van der Waals surface area contributed by atoms with Crippen molar-refractivity contribution in [2.24, 2.45) is 12.8 Å². The molecule has 21 heavy (non-hydrogen) atoms. The molecule has 2 unspecified atom stereocenters. The maximum absolute atomic E-state index is 6.19. The SMILES string of the molecule is CCC(N)C(OCc1ccc(OC)cc1)c1cnn(C)c1. The van der Waals surface area contributed by atoms with Gasteiger partial charge in [0.2, 0.25) is 0 Å².